The number of rotatable bonds is 0. The van der Waals surface area contributed by atoms with Crippen LogP contribution in [0.15, 0.2) is 42.6 Å². The number of phenolic OH excluding ortho intramolecular Hbond substituents is 1. The number of benzene rings is 1. The average Bonchev–Trinajstić information content (AvgIpc) is 2.28. The molecule has 0 unspecified atom stereocenters. The molecule has 0 saturated carbocycles. The fraction of sp³-hybridized carbons (Fsp3) is 0.0714. The highest BCUT2D eigenvalue weighted by Crippen LogP contribution is 2.08. The Bertz CT molecular complexity index is 547. The predicted octanol–water partition coefficient (Wildman–Crippen LogP) is 2.50. The lowest BCUT2D eigenvalue weighted by atomic mass is 10.2. The molecular weight excluding hydrogens is 198 g/mol. The van der Waals surface area contributed by atoms with Crippen molar-refractivity contribution in [3.63, 3.8) is 0 Å². The summed E-state index contributed by atoms with van der Waals surface area (Å²) in [7, 11) is 0. The van der Waals surface area contributed by atoms with E-state index in [0.29, 0.717) is 0 Å². The minimum atomic E-state index is 0.255. The van der Waals surface area contributed by atoms with Gasteiger partial charge >= 0.3 is 0 Å². The first kappa shape index (κ1) is 10.3. The number of aromatic hydroxyl groups is 1. The third-order valence-corrected chi connectivity index (χ3v) is 2.12. The van der Waals surface area contributed by atoms with Crippen molar-refractivity contribution in [2.45, 2.75) is 6.92 Å². The molecule has 0 fully saturated rings. The lowest BCUT2D eigenvalue weighted by Crippen LogP contribution is -1.81. The van der Waals surface area contributed by atoms with E-state index in [-0.39, 0.29) is 5.75 Å². The minimum Gasteiger partial charge on any atom is -0.508 e. The van der Waals surface area contributed by atoms with Crippen LogP contribution < -0.4 is 0 Å². The van der Waals surface area contributed by atoms with Crippen molar-refractivity contribution in [1.29, 1.82) is 0 Å². The third-order valence-electron chi connectivity index (χ3n) is 2.12. The normalized spacial score (nSPS) is 9.31. The zero-order chi connectivity index (χ0) is 11.4. The van der Waals surface area contributed by atoms with Gasteiger partial charge in [-0.05, 0) is 43.3 Å². The minimum absolute atomic E-state index is 0.255. The molecule has 1 aromatic carbocycles. The van der Waals surface area contributed by atoms with E-state index in [1.165, 1.54) is 0 Å². The molecule has 0 saturated heterocycles. The lowest BCUT2D eigenvalue weighted by Gasteiger charge is -1.93. The number of hydrogen-bond donors (Lipinski definition) is 1. The van der Waals surface area contributed by atoms with Gasteiger partial charge in [0.1, 0.15) is 5.75 Å². The molecule has 2 nitrogen and oxygen atoms in total. The molecule has 0 radical (unpaired) electrons. The van der Waals surface area contributed by atoms with E-state index in [2.05, 4.69) is 16.8 Å². The van der Waals surface area contributed by atoms with Crippen LogP contribution in [-0.2, 0) is 0 Å². The van der Waals surface area contributed by atoms with Crippen molar-refractivity contribution in [1.82, 2.24) is 4.98 Å². The molecule has 0 amide bonds. The Morgan fingerprint density at radius 3 is 2.38 bits per heavy atom. The van der Waals surface area contributed by atoms with E-state index < -0.39 is 0 Å². The van der Waals surface area contributed by atoms with Crippen LogP contribution in [0.1, 0.15) is 16.8 Å². The smallest absolute Gasteiger partial charge is 0.115 e. The monoisotopic (exact) mass is 209 g/mol. The van der Waals surface area contributed by atoms with Gasteiger partial charge < -0.3 is 5.11 Å². The maximum atomic E-state index is 9.12. The van der Waals surface area contributed by atoms with E-state index >= 15 is 0 Å². The number of phenols is 1. The Hall–Kier alpha value is -2.27. The van der Waals surface area contributed by atoms with Crippen LogP contribution in [0.4, 0.5) is 0 Å². The molecular formula is C14H11NO. The Labute approximate surface area is 94.6 Å². The lowest BCUT2D eigenvalue weighted by molar-refractivity contribution is 0.475. The summed E-state index contributed by atoms with van der Waals surface area (Å²) in [6, 6.07) is 10.6. The van der Waals surface area contributed by atoms with Gasteiger partial charge in [-0.1, -0.05) is 11.8 Å². The fourth-order valence-corrected chi connectivity index (χ4v) is 1.31. The summed E-state index contributed by atoms with van der Waals surface area (Å²) in [5.74, 6) is 6.33. The molecule has 0 aliphatic carbocycles. The van der Waals surface area contributed by atoms with E-state index in [1.807, 2.05) is 19.1 Å². The molecule has 78 valence electrons. The van der Waals surface area contributed by atoms with Crippen molar-refractivity contribution in [2.24, 2.45) is 0 Å². The molecule has 2 heteroatoms. The van der Waals surface area contributed by atoms with E-state index in [1.54, 1.807) is 30.5 Å². The van der Waals surface area contributed by atoms with Gasteiger partial charge in [-0.15, -0.1) is 0 Å². The zero-order valence-electron chi connectivity index (χ0n) is 8.94. The quantitative estimate of drug-likeness (QED) is 0.676. The van der Waals surface area contributed by atoms with Crippen LogP contribution in [0, 0.1) is 18.8 Å². The molecule has 0 bridgehead atoms. The Balaban J connectivity index is 2.25. The standard InChI is InChI=1S/C14H11NO/c1-11-10-13(8-9-15-11)3-2-12-4-6-14(16)7-5-12/h4-10,16H,1H3. The second-order valence-corrected chi connectivity index (χ2v) is 3.48. The van der Waals surface area contributed by atoms with Crippen molar-refractivity contribution in [3.05, 3.63) is 59.4 Å². The van der Waals surface area contributed by atoms with Crippen molar-refractivity contribution >= 4 is 0 Å². The first-order chi connectivity index (χ1) is 7.74. The number of aromatic nitrogens is 1. The third kappa shape index (κ3) is 2.61. The molecule has 16 heavy (non-hydrogen) atoms. The molecule has 1 heterocycles. The van der Waals surface area contributed by atoms with Crippen LogP contribution in [-0.4, -0.2) is 10.1 Å². The highest BCUT2D eigenvalue weighted by molar-refractivity contribution is 5.43. The molecule has 0 atom stereocenters. The van der Waals surface area contributed by atoms with Gasteiger partial charge in [0.2, 0.25) is 0 Å². The van der Waals surface area contributed by atoms with Crippen molar-refractivity contribution in [3.8, 4) is 17.6 Å². The topological polar surface area (TPSA) is 33.1 Å². The second-order valence-electron chi connectivity index (χ2n) is 3.48. The Kier molecular flexibility index (Phi) is 2.88. The van der Waals surface area contributed by atoms with Crippen LogP contribution in [0.5, 0.6) is 5.75 Å². The van der Waals surface area contributed by atoms with Gasteiger partial charge in [0.05, 0.1) is 0 Å². The highest BCUT2D eigenvalue weighted by atomic mass is 16.3. The molecule has 2 rings (SSSR count). The predicted molar refractivity (Wildman–Crippen MR) is 63.1 cm³/mol. The maximum absolute atomic E-state index is 9.12. The number of aryl methyl sites for hydroxylation is 1. The van der Waals surface area contributed by atoms with Crippen LogP contribution in [0.25, 0.3) is 0 Å². The average molecular weight is 209 g/mol. The molecule has 2 aromatic rings. The van der Waals surface area contributed by atoms with Gasteiger partial charge in [-0.2, -0.15) is 0 Å². The molecule has 1 N–H and O–H groups in total. The van der Waals surface area contributed by atoms with E-state index in [0.717, 1.165) is 16.8 Å². The van der Waals surface area contributed by atoms with Crippen molar-refractivity contribution < 1.29 is 5.11 Å². The van der Waals surface area contributed by atoms with Gasteiger partial charge in [0.15, 0.2) is 0 Å². The first-order valence-corrected chi connectivity index (χ1v) is 4.98. The first-order valence-electron chi connectivity index (χ1n) is 4.98. The largest absolute Gasteiger partial charge is 0.508 e. The van der Waals surface area contributed by atoms with Crippen LogP contribution >= 0.6 is 0 Å². The zero-order valence-corrected chi connectivity index (χ0v) is 8.94. The van der Waals surface area contributed by atoms with E-state index in [4.69, 9.17) is 5.11 Å². The summed E-state index contributed by atoms with van der Waals surface area (Å²) < 4.78 is 0. The summed E-state index contributed by atoms with van der Waals surface area (Å²) in [5.41, 5.74) is 2.78. The van der Waals surface area contributed by atoms with Crippen LogP contribution in [0.3, 0.4) is 0 Å². The number of hydrogen-bond acceptors (Lipinski definition) is 2. The highest BCUT2D eigenvalue weighted by Gasteiger charge is 1.89. The van der Waals surface area contributed by atoms with Gasteiger partial charge in [-0.25, -0.2) is 0 Å². The number of nitrogens with zero attached hydrogens (tertiary/aromatic N) is 1. The SMILES string of the molecule is Cc1cc(C#Cc2ccc(O)cc2)ccn1. The van der Waals surface area contributed by atoms with Crippen LogP contribution in [0.2, 0.25) is 0 Å². The fourth-order valence-electron chi connectivity index (χ4n) is 1.31. The van der Waals surface area contributed by atoms with Gasteiger partial charge in [-0.3, -0.25) is 4.98 Å². The summed E-state index contributed by atoms with van der Waals surface area (Å²) in [5, 5.41) is 9.12. The molecule has 0 aliphatic rings. The van der Waals surface area contributed by atoms with Gasteiger partial charge in [0.25, 0.3) is 0 Å². The van der Waals surface area contributed by atoms with Crippen molar-refractivity contribution in [2.75, 3.05) is 0 Å². The molecule has 0 aliphatic heterocycles. The maximum Gasteiger partial charge on any atom is 0.115 e. The summed E-state index contributed by atoms with van der Waals surface area (Å²) >= 11 is 0. The summed E-state index contributed by atoms with van der Waals surface area (Å²) in [6.45, 7) is 1.94. The summed E-state index contributed by atoms with van der Waals surface area (Å²) in [4.78, 5) is 4.11. The van der Waals surface area contributed by atoms with E-state index in [9.17, 15) is 0 Å². The molecule has 0 spiro atoms. The second kappa shape index (κ2) is 4.50. The Morgan fingerprint density at radius 2 is 1.69 bits per heavy atom. The summed E-state index contributed by atoms with van der Waals surface area (Å²) in [6.07, 6.45) is 1.75. The number of pyridine rings is 1. The Morgan fingerprint density at radius 1 is 1.00 bits per heavy atom. The van der Waals surface area contributed by atoms with Gasteiger partial charge in [0, 0.05) is 23.0 Å². The molecule has 1 aromatic heterocycles.